The summed E-state index contributed by atoms with van der Waals surface area (Å²) in [5.41, 5.74) is 0.528. The lowest BCUT2D eigenvalue weighted by Crippen LogP contribution is -2.38. The first-order valence-electron chi connectivity index (χ1n) is 5.15. The molecule has 0 aliphatic rings. The van der Waals surface area contributed by atoms with Gasteiger partial charge in [0.15, 0.2) is 5.11 Å². The maximum atomic E-state index is 13.0. The predicted octanol–water partition coefficient (Wildman–Crippen LogP) is 3.56. The average molecular weight is 356 g/mol. The van der Waals surface area contributed by atoms with Crippen LogP contribution in [0.4, 0.5) is 10.1 Å². The average Bonchev–Trinajstić information content (AvgIpc) is 2.23. The van der Waals surface area contributed by atoms with Crippen molar-refractivity contribution in [1.29, 1.82) is 0 Å². The fraction of sp³-hybridized carbons (Fsp3) is 0.364. The van der Waals surface area contributed by atoms with E-state index in [0.717, 1.165) is 0 Å². The normalized spacial score (nSPS) is 12.1. The van der Waals surface area contributed by atoms with Crippen LogP contribution in [-0.2, 0) is 4.74 Å². The third kappa shape index (κ3) is 4.68. The van der Waals surface area contributed by atoms with Crippen LogP contribution in [0.15, 0.2) is 16.6 Å². The van der Waals surface area contributed by atoms with Crippen LogP contribution in [0.3, 0.4) is 0 Å². The number of hydrogen-bond donors (Lipinski definition) is 2. The Bertz CT molecular complexity index is 424. The molecule has 0 fully saturated rings. The monoisotopic (exact) mass is 354 g/mol. The van der Waals surface area contributed by atoms with E-state index < -0.39 is 5.82 Å². The van der Waals surface area contributed by atoms with Crippen LogP contribution < -0.4 is 10.6 Å². The van der Waals surface area contributed by atoms with Gasteiger partial charge < -0.3 is 15.4 Å². The summed E-state index contributed by atoms with van der Waals surface area (Å²) in [5, 5.41) is 6.59. The second-order valence-corrected chi connectivity index (χ2v) is 5.37. The van der Waals surface area contributed by atoms with Crippen LogP contribution in [0.1, 0.15) is 6.92 Å². The number of nitrogens with one attached hydrogen (secondary N) is 2. The summed E-state index contributed by atoms with van der Waals surface area (Å²) in [7, 11) is 1.61. The van der Waals surface area contributed by atoms with Crippen molar-refractivity contribution in [3.63, 3.8) is 0 Å². The van der Waals surface area contributed by atoms with Crippen LogP contribution >= 0.6 is 39.7 Å². The first-order chi connectivity index (χ1) is 8.43. The second-order valence-electron chi connectivity index (χ2n) is 3.70. The molecule has 1 aromatic carbocycles. The third-order valence-corrected chi connectivity index (χ3v) is 3.18. The maximum Gasteiger partial charge on any atom is 0.171 e. The molecule has 1 atom stereocenters. The summed E-state index contributed by atoms with van der Waals surface area (Å²) in [5.74, 6) is -0.413. The Morgan fingerprint density at radius 1 is 1.61 bits per heavy atom. The molecule has 1 aromatic rings. The van der Waals surface area contributed by atoms with Crippen molar-refractivity contribution in [3.05, 3.63) is 27.4 Å². The molecule has 0 saturated heterocycles. The molecule has 3 nitrogen and oxygen atoms in total. The molecule has 0 heterocycles. The number of halogens is 3. The summed E-state index contributed by atoms with van der Waals surface area (Å²) in [6, 6.07) is 2.60. The first-order valence-corrected chi connectivity index (χ1v) is 6.73. The van der Waals surface area contributed by atoms with Gasteiger partial charge in [-0.1, -0.05) is 11.6 Å². The Morgan fingerprint density at radius 2 is 2.28 bits per heavy atom. The standard InChI is InChI=1S/C11H13BrClFN2OS/c1-6(5-17-2)15-11(18)16-10-8(12)3-7(14)4-9(10)13/h3-4,6H,5H2,1-2H3,(H2,15,16,18). The van der Waals surface area contributed by atoms with E-state index in [1.165, 1.54) is 12.1 Å². The van der Waals surface area contributed by atoms with Crippen molar-refractivity contribution in [3.8, 4) is 0 Å². The Kier molecular flexibility index (Phi) is 6.28. The minimum atomic E-state index is -0.413. The summed E-state index contributed by atoms with van der Waals surface area (Å²) in [6.45, 7) is 2.46. The number of hydrogen-bond acceptors (Lipinski definition) is 2. The SMILES string of the molecule is COCC(C)NC(=S)Nc1c(Cl)cc(F)cc1Br. The minimum Gasteiger partial charge on any atom is -0.383 e. The molecule has 0 radical (unpaired) electrons. The van der Waals surface area contributed by atoms with Gasteiger partial charge in [0.2, 0.25) is 0 Å². The predicted molar refractivity (Wildman–Crippen MR) is 79.8 cm³/mol. The van der Waals surface area contributed by atoms with E-state index >= 15 is 0 Å². The van der Waals surface area contributed by atoms with E-state index in [-0.39, 0.29) is 11.1 Å². The van der Waals surface area contributed by atoms with Gasteiger partial charge in [-0.2, -0.15) is 0 Å². The topological polar surface area (TPSA) is 33.3 Å². The van der Waals surface area contributed by atoms with Crippen LogP contribution in [0.5, 0.6) is 0 Å². The van der Waals surface area contributed by atoms with E-state index in [2.05, 4.69) is 26.6 Å². The fourth-order valence-corrected chi connectivity index (χ4v) is 2.53. The highest BCUT2D eigenvalue weighted by Gasteiger charge is 2.10. The van der Waals surface area contributed by atoms with Crippen molar-refractivity contribution in [2.75, 3.05) is 19.0 Å². The molecule has 18 heavy (non-hydrogen) atoms. The first kappa shape index (κ1) is 15.6. The van der Waals surface area contributed by atoms with Crippen molar-refractivity contribution in [2.45, 2.75) is 13.0 Å². The summed E-state index contributed by atoms with van der Waals surface area (Å²) in [4.78, 5) is 0. The lowest BCUT2D eigenvalue weighted by atomic mass is 10.3. The van der Waals surface area contributed by atoms with Crippen LogP contribution in [0.2, 0.25) is 5.02 Å². The number of benzene rings is 1. The number of methoxy groups -OCH3 is 1. The quantitative estimate of drug-likeness (QED) is 0.809. The zero-order valence-corrected chi connectivity index (χ0v) is 13.0. The lowest BCUT2D eigenvalue weighted by molar-refractivity contribution is 0.179. The highest BCUT2D eigenvalue weighted by Crippen LogP contribution is 2.31. The highest BCUT2D eigenvalue weighted by molar-refractivity contribution is 9.10. The fourth-order valence-electron chi connectivity index (χ4n) is 1.33. The smallest absolute Gasteiger partial charge is 0.171 e. The number of thiocarbonyl (C=S) groups is 1. The molecule has 100 valence electrons. The van der Waals surface area contributed by atoms with Gasteiger partial charge >= 0.3 is 0 Å². The molecule has 0 aromatic heterocycles. The summed E-state index contributed by atoms with van der Waals surface area (Å²) < 4.78 is 18.5. The molecule has 0 aliphatic carbocycles. The van der Waals surface area contributed by atoms with Gasteiger partial charge in [-0.05, 0) is 47.2 Å². The van der Waals surface area contributed by atoms with Gasteiger partial charge in [-0.25, -0.2) is 4.39 Å². The molecule has 1 rings (SSSR count). The molecule has 0 bridgehead atoms. The van der Waals surface area contributed by atoms with Gasteiger partial charge in [0.05, 0.1) is 17.3 Å². The summed E-state index contributed by atoms with van der Waals surface area (Å²) >= 11 is 14.3. The van der Waals surface area contributed by atoms with E-state index in [1.54, 1.807) is 7.11 Å². The van der Waals surface area contributed by atoms with Gasteiger partial charge in [-0.15, -0.1) is 0 Å². The van der Waals surface area contributed by atoms with Crippen LogP contribution in [0.25, 0.3) is 0 Å². The second kappa shape index (κ2) is 7.23. The van der Waals surface area contributed by atoms with Crippen molar-refractivity contribution >= 4 is 50.5 Å². The van der Waals surface area contributed by atoms with Crippen LogP contribution in [0, 0.1) is 5.82 Å². The molecule has 0 spiro atoms. The maximum absolute atomic E-state index is 13.0. The van der Waals surface area contributed by atoms with Crippen molar-refractivity contribution < 1.29 is 9.13 Å². The molecule has 7 heteroatoms. The van der Waals surface area contributed by atoms with Gasteiger partial charge in [-0.3, -0.25) is 0 Å². The zero-order chi connectivity index (χ0) is 13.7. The highest BCUT2D eigenvalue weighted by atomic mass is 79.9. The number of rotatable bonds is 4. The molecular weight excluding hydrogens is 343 g/mol. The third-order valence-electron chi connectivity index (χ3n) is 2.04. The molecular formula is C11H13BrClFN2OS. The molecule has 0 amide bonds. The Balaban J connectivity index is 2.70. The van der Waals surface area contributed by atoms with Gasteiger partial charge in [0, 0.05) is 17.6 Å². The van der Waals surface area contributed by atoms with E-state index in [0.29, 0.717) is 21.9 Å². The Hall–Kier alpha value is -0.430. The van der Waals surface area contributed by atoms with E-state index in [1.807, 2.05) is 6.92 Å². The Labute approximate surface area is 124 Å². The van der Waals surface area contributed by atoms with E-state index in [4.69, 9.17) is 28.6 Å². The molecule has 2 N–H and O–H groups in total. The molecule has 0 aliphatic heterocycles. The largest absolute Gasteiger partial charge is 0.383 e. The van der Waals surface area contributed by atoms with E-state index in [9.17, 15) is 4.39 Å². The summed E-state index contributed by atoms with van der Waals surface area (Å²) in [6.07, 6.45) is 0. The zero-order valence-electron chi connectivity index (χ0n) is 9.89. The van der Waals surface area contributed by atoms with Gasteiger partial charge in [0.25, 0.3) is 0 Å². The van der Waals surface area contributed by atoms with Crippen molar-refractivity contribution in [1.82, 2.24) is 5.32 Å². The minimum absolute atomic E-state index is 0.0630. The molecule has 1 unspecified atom stereocenters. The van der Waals surface area contributed by atoms with Crippen LogP contribution in [-0.4, -0.2) is 24.9 Å². The Morgan fingerprint density at radius 3 is 2.83 bits per heavy atom. The van der Waals surface area contributed by atoms with Gasteiger partial charge in [0.1, 0.15) is 5.82 Å². The molecule has 0 saturated carbocycles. The number of anilines is 1. The number of ether oxygens (including phenoxy) is 1. The lowest BCUT2D eigenvalue weighted by Gasteiger charge is -2.17. The van der Waals surface area contributed by atoms with Crippen molar-refractivity contribution in [2.24, 2.45) is 0 Å².